The number of rotatable bonds is 3. The van der Waals surface area contributed by atoms with Crippen LogP contribution in [0.4, 0.5) is 5.69 Å². The number of methoxy groups -OCH3 is 1. The Labute approximate surface area is 103 Å². The van der Waals surface area contributed by atoms with Gasteiger partial charge in [-0.1, -0.05) is 6.42 Å². The van der Waals surface area contributed by atoms with Crippen LogP contribution in [0.3, 0.4) is 0 Å². The number of nitrogens with zero attached hydrogens (tertiary/aromatic N) is 2. The number of anilines is 1. The van der Waals surface area contributed by atoms with Crippen molar-refractivity contribution in [2.24, 2.45) is 0 Å². The van der Waals surface area contributed by atoms with Crippen LogP contribution in [0.15, 0.2) is 18.3 Å². The average Bonchev–Trinajstić information content (AvgIpc) is 2.34. The van der Waals surface area contributed by atoms with Crippen molar-refractivity contribution in [3.63, 3.8) is 0 Å². The van der Waals surface area contributed by atoms with Gasteiger partial charge in [-0.2, -0.15) is 0 Å². The summed E-state index contributed by atoms with van der Waals surface area (Å²) in [6.45, 7) is 4.53. The lowest BCUT2D eigenvalue weighted by Gasteiger charge is -2.39. The van der Waals surface area contributed by atoms with Gasteiger partial charge in [-0.05, 0) is 32.8 Å². The van der Waals surface area contributed by atoms with Crippen molar-refractivity contribution in [3.8, 4) is 5.88 Å². The molecule has 1 N–H and O–H groups in total. The van der Waals surface area contributed by atoms with E-state index in [1.54, 1.807) is 13.3 Å². The molecule has 1 aromatic heterocycles. The first-order valence-electron chi connectivity index (χ1n) is 6.25. The molecule has 2 heterocycles. The number of aromatic nitrogens is 1. The van der Waals surface area contributed by atoms with Crippen molar-refractivity contribution in [1.82, 2.24) is 9.99 Å². The third-order valence-electron chi connectivity index (χ3n) is 3.40. The second-order valence-corrected chi connectivity index (χ2v) is 4.73. The Kier molecular flexibility index (Phi) is 3.84. The predicted octanol–water partition coefficient (Wildman–Crippen LogP) is 2.68. The zero-order valence-electron chi connectivity index (χ0n) is 10.8. The minimum Gasteiger partial charge on any atom is -0.481 e. The Morgan fingerprint density at radius 1 is 1.35 bits per heavy atom. The average molecular weight is 235 g/mol. The molecule has 94 valence electrons. The van der Waals surface area contributed by atoms with E-state index < -0.39 is 0 Å². The minimum atomic E-state index is 0.568. The van der Waals surface area contributed by atoms with Crippen molar-refractivity contribution in [3.05, 3.63) is 18.3 Å². The second-order valence-electron chi connectivity index (χ2n) is 4.73. The van der Waals surface area contributed by atoms with E-state index in [4.69, 9.17) is 4.74 Å². The maximum absolute atomic E-state index is 5.13. The van der Waals surface area contributed by atoms with E-state index in [-0.39, 0.29) is 0 Å². The maximum atomic E-state index is 5.13. The summed E-state index contributed by atoms with van der Waals surface area (Å²) < 4.78 is 5.13. The highest BCUT2D eigenvalue weighted by Gasteiger charge is 2.24. The molecule has 0 aliphatic carbocycles. The Balaban J connectivity index is 2.07. The first-order chi connectivity index (χ1) is 8.20. The molecule has 17 heavy (non-hydrogen) atoms. The topological polar surface area (TPSA) is 37.4 Å². The van der Waals surface area contributed by atoms with E-state index in [0.29, 0.717) is 18.0 Å². The van der Waals surface area contributed by atoms with Crippen LogP contribution in [-0.4, -0.2) is 29.2 Å². The highest BCUT2D eigenvalue weighted by molar-refractivity contribution is 5.44. The third kappa shape index (κ3) is 2.88. The summed E-state index contributed by atoms with van der Waals surface area (Å²) in [5.74, 6) is 0.646. The summed E-state index contributed by atoms with van der Waals surface area (Å²) in [6, 6.07) is 5.03. The van der Waals surface area contributed by atoms with E-state index in [9.17, 15) is 0 Å². The summed E-state index contributed by atoms with van der Waals surface area (Å²) in [6.07, 6.45) is 5.58. The Hall–Kier alpha value is -1.29. The van der Waals surface area contributed by atoms with Crippen LogP contribution < -0.4 is 10.2 Å². The van der Waals surface area contributed by atoms with E-state index in [1.807, 2.05) is 12.1 Å². The first-order valence-corrected chi connectivity index (χ1v) is 6.25. The summed E-state index contributed by atoms with van der Waals surface area (Å²) >= 11 is 0. The molecule has 0 aromatic carbocycles. The van der Waals surface area contributed by atoms with Gasteiger partial charge in [-0.25, -0.2) is 9.99 Å². The fourth-order valence-electron chi connectivity index (χ4n) is 2.38. The quantitative estimate of drug-likeness (QED) is 0.874. The maximum Gasteiger partial charge on any atom is 0.215 e. The van der Waals surface area contributed by atoms with Crippen molar-refractivity contribution in [2.45, 2.75) is 45.2 Å². The number of hydrazine groups is 1. The van der Waals surface area contributed by atoms with Gasteiger partial charge >= 0.3 is 0 Å². The summed E-state index contributed by atoms with van der Waals surface area (Å²) in [5.41, 5.74) is 4.51. The van der Waals surface area contributed by atoms with E-state index in [1.165, 1.54) is 19.3 Å². The molecular weight excluding hydrogens is 214 g/mol. The Morgan fingerprint density at radius 3 is 2.71 bits per heavy atom. The number of hydrogen-bond acceptors (Lipinski definition) is 4. The van der Waals surface area contributed by atoms with Crippen LogP contribution in [0.2, 0.25) is 0 Å². The fraction of sp³-hybridized carbons (Fsp3) is 0.615. The molecule has 0 amide bonds. The van der Waals surface area contributed by atoms with Crippen LogP contribution in [0.25, 0.3) is 0 Å². The molecule has 1 aromatic rings. The number of pyridine rings is 1. The van der Waals surface area contributed by atoms with Gasteiger partial charge < -0.3 is 10.2 Å². The van der Waals surface area contributed by atoms with Gasteiger partial charge in [-0.3, -0.25) is 0 Å². The zero-order chi connectivity index (χ0) is 12.3. The fourth-order valence-corrected chi connectivity index (χ4v) is 2.38. The molecule has 4 nitrogen and oxygen atoms in total. The van der Waals surface area contributed by atoms with Crippen LogP contribution in [0.5, 0.6) is 5.88 Å². The molecule has 0 radical (unpaired) electrons. The van der Waals surface area contributed by atoms with Gasteiger partial charge in [0, 0.05) is 24.3 Å². The molecule has 1 saturated heterocycles. The summed E-state index contributed by atoms with van der Waals surface area (Å²) in [5, 5.41) is 2.33. The predicted molar refractivity (Wildman–Crippen MR) is 69.0 cm³/mol. The van der Waals surface area contributed by atoms with E-state index in [0.717, 1.165) is 5.69 Å². The molecule has 0 saturated carbocycles. The molecule has 1 aliphatic rings. The largest absolute Gasteiger partial charge is 0.481 e. The van der Waals surface area contributed by atoms with Crippen molar-refractivity contribution >= 4 is 5.69 Å². The van der Waals surface area contributed by atoms with Crippen LogP contribution in [0, 0.1) is 0 Å². The SMILES string of the molecule is COc1cc(NN2C(C)CCCC2C)ccn1. The number of nitrogens with one attached hydrogen (secondary N) is 1. The molecule has 1 fully saturated rings. The standard InChI is InChI=1S/C13H21N3O/c1-10-5-4-6-11(2)16(10)15-12-7-8-14-13(9-12)17-3/h7-11H,4-6H2,1-3H3,(H,14,15). The lowest BCUT2D eigenvalue weighted by molar-refractivity contribution is 0.135. The molecular formula is C13H21N3O. The number of piperidine rings is 1. The normalized spacial score (nSPS) is 25.6. The molecule has 0 spiro atoms. The highest BCUT2D eigenvalue weighted by Crippen LogP contribution is 2.24. The first kappa shape index (κ1) is 12.2. The Morgan fingerprint density at radius 2 is 2.06 bits per heavy atom. The van der Waals surface area contributed by atoms with Gasteiger partial charge in [-0.15, -0.1) is 0 Å². The molecule has 0 bridgehead atoms. The number of hydrogen-bond donors (Lipinski definition) is 1. The van der Waals surface area contributed by atoms with Gasteiger partial charge in [0.2, 0.25) is 5.88 Å². The van der Waals surface area contributed by atoms with E-state index in [2.05, 4.69) is 29.3 Å². The van der Waals surface area contributed by atoms with Gasteiger partial charge in [0.05, 0.1) is 12.8 Å². The molecule has 2 atom stereocenters. The lowest BCUT2D eigenvalue weighted by Crippen LogP contribution is -2.47. The van der Waals surface area contributed by atoms with Crippen LogP contribution in [-0.2, 0) is 0 Å². The van der Waals surface area contributed by atoms with Crippen LogP contribution >= 0.6 is 0 Å². The third-order valence-corrected chi connectivity index (χ3v) is 3.40. The van der Waals surface area contributed by atoms with Gasteiger partial charge in [0.15, 0.2) is 0 Å². The summed E-state index contributed by atoms with van der Waals surface area (Å²) in [7, 11) is 1.64. The lowest BCUT2D eigenvalue weighted by atomic mass is 10.00. The summed E-state index contributed by atoms with van der Waals surface area (Å²) in [4.78, 5) is 4.11. The van der Waals surface area contributed by atoms with Gasteiger partial charge in [0.25, 0.3) is 0 Å². The van der Waals surface area contributed by atoms with Crippen molar-refractivity contribution < 1.29 is 4.74 Å². The molecule has 1 aliphatic heterocycles. The number of ether oxygens (including phenoxy) is 1. The van der Waals surface area contributed by atoms with Crippen molar-refractivity contribution in [1.29, 1.82) is 0 Å². The Bertz CT molecular complexity index is 359. The molecule has 2 rings (SSSR count). The smallest absolute Gasteiger partial charge is 0.215 e. The minimum absolute atomic E-state index is 0.568. The second kappa shape index (κ2) is 5.36. The van der Waals surface area contributed by atoms with Crippen LogP contribution in [0.1, 0.15) is 33.1 Å². The molecule has 2 unspecified atom stereocenters. The molecule has 4 heteroatoms. The monoisotopic (exact) mass is 235 g/mol. The highest BCUT2D eigenvalue weighted by atomic mass is 16.5. The van der Waals surface area contributed by atoms with E-state index >= 15 is 0 Å². The van der Waals surface area contributed by atoms with Gasteiger partial charge in [0.1, 0.15) is 0 Å². The van der Waals surface area contributed by atoms with Crippen molar-refractivity contribution in [2.75, 3.05) is 12.5 Å². The zero-order valence-corrected chi connectivity index (χ0v) is 10.8.